The van der Waals surface area contributed by atoms with Gasteiger partial charge in [-0.25, -0.2) is 0 Å². The molecule has 0 radical (unpaired) electrons. The molecule has 2 N–H and O–H groups in total. The molecule has 112 valence electrons. The van der Waals surface area contributed by atoms with Crippen molar-refractivity contribution in [2.45, 2.75) is 51.2 Å². The van der Waals surface area contributed by atoms with Crippen LogP contribution in [0.15, 0.2) is 47.6 Å². The minimum absolute atomic E-state index is 0.104. The number of benzene rings is 1. The van der Waals surface area contributed by atoms with Gasteiger partial charge in [-0.1, -0.05) is 47.6 Å². The van der Waals surface area contributed by atoms with Gasteiger partial charge in [0.2, 0.25) is 0 Å². The number of hydrogen-bond acceptors (Lipinski definition) is 2. The molecule has 0 amide bonds. The summed E-state index contributed by atoms with van der Waals surface area (Å²) in [7, 11) is 0. The maximum Gasteiger partial charge on any atom is 0.130 e. The molecule has 0 spiro atoms. The Morgan fingerprint density at radius 1 is 1.29 bits per heavy atom. The zero-order chi connectivity index (χ0) is 14.9. The van der Waals surface area contributed by atoms with Crippen molar-refractivity contribution in [1.29, 1.82) is 0 Å². The standard InChI is InChI=1S/C19H25NO/c1-14-6-3-8-16(12-14)19(21,18-10-5-11-20-18)17-9-4-7-15(2)13-17/h3,6,8-9,12-13,18,20-21H,4-5,7,10-11H2,1-2H3. The Bertz CT molecular complexity index is 581. The lowest BCUT2D eigenvalue weighted by Gasteiger charge is -2.37. The zero-order valence-electron chi connectivity index (χ0n) is 13.0. The monoisotopic (exact) mass is 283 g/mol. The van der Waals surface area contributed by atoms with Crippen LogP contribution >= 0.6 is 0 Å². The summed E-state index contributed by atoms with van der Waals surface area (Å²) in [5.41, 5.74) is 3.72. The van der Waals surface area contributed by atoms with Crippen molar-refractivity contribution in [2.75, 3.05) is 6.54 Å². The first-order chi connectivity index (χ1) is 10.1. The van der Waals surface area contributed by atoms with Crippen LogP contribution in [0.3, 0.4) is 0 Å². The molecule has 0 saturated carbocycles. The first-order valence-corrected chi connectivity index (χ1v) is 8.01. The van der Waals surface area contributed by atoms with Crippen LogP contribution in [0.4, 0.5) is 0 Å². The molecule has 2 aliphatic rings. The van der Waals surface area contributed by atoms with Gasteiger partial charge in [-0.05, 0) is 57.2 Å². The molecule has 0 bridgehead atoms. The molecule has 2 heteroatoms. The van der Waals surface area contributed by atoms with Gasteiger partial charge in [0.1, 0.15) is 5.60 Å². The van der Waals surface area contributed by atoms with Crippen molar-refractivity contribution < 1.29 is 5.11 Å². The van der Waals surface area contributed by atoms with E-state index in [1.807, 2.05) is 6.07 Å². The van der Waals surface area contributed by atoms with Crippen LogP contribution in [0, 0.1) is 6.92 Å². The number of aryl methyl sites for hydroxylation is 1. The molecular formula is C19H25NO. The van der Waals surface area contributed by atoms with Crippen LogP contribution in [-0.2, 0) is 5.60 Å². The summed E-state index contributed by atoms with van der Waals surface area (Å²) in [6.45, 7) is 5.24. The summed E-state index contributed by atoms with van der Waals surface area (Å²) < 4.78 is 0. The average Bonchev–Trinajstić information content (AvgIpc) is 3.01. The van der Waals surface area contributed by atoms with Gasteiger partial charge >= 0.3 is 0 Å². The molecule has 2 atom stereocenters. The minimum Gasteiger partial charge on any atom is -0.379 e. The van der Waals surface area contributed by atoms with Crippen molar-refractivity contribution >= 4 is 0 Å². The van der Waals surface area contributed by atoms with Gasteiger partial charge in [0, 0.05) is 6.04 Å². The molecule has 1 saturated heterocycles. The summed E-state index contributed by atoms with van der Waals surface area (Å²) in [4.78, 5) is 0. The van der Waals surface area contributed by atoms with Gasteiger partial charge in [-0.15, -0.1) is 0 Å². The van der Waals surface area contributed by atoms with Gasteiger partial charge in [-0.2, -0.15) is 0 Å². The van der Waals surface area contributed by atoms with Gasteiger partial charge in [0.05, 0.1) is 0 Å². The van der Waals surface area contributed by atoms with Crippen molar-refractivity contribution in [2.24, 2.45) is 0 Å². The molecule has 3 rings (SSSR count). The lowest BCUT2D eigenvalue weighted by Crippen LogP contribution is -2.46. The van der Waals surface area contributed by atoms with E-state index in [9.17, 15) is 5.11 Å². The molecule has 1 fully saturated rings. The van der Waals surface area contributed by atoms with Crippen LogP contribution < -0.4 is 5.32 Å². The Labute approximate surface area is 127 Å². The molecule has 0 aromatic heterocycles. The number of rotatable bonds is 3. The normalized spacial score (nSPS) is 25.2. The van der Waals surface area contributed by atoms with Crippen molar-refractivity contribution in [1.82, 2.24) is 5.32 Å². The van der Waals surface area contributed by atoms with E-state index in [4.69, 9.17) is 0 Å². The fourth-order valence-corrected chi connectivity index (χ4v) is 3.61. The second-order valence-corrected chi connectivity index (χ2v) is 6.47. The van der Waals surface area contributed by atoms with E-state index in [-0.39, 0.29) is 6.04 Å². The van der Waals surface area contributed by atoms with E-state index < -0.39 is 5.60 Å². The van der Waals surface area contributed by atoms with Crippen LogP contribution in [0.2, 0.25) is 0 Å². The van der Waals surface area contributed by atoms with E-state index in [1.54, 1.807) is 0 Å². The highest BCUT2D eigenvalue weighted by molar-refractivity contribution is 5.44. The highest BCUT2D eigenvalue weighted by atomic mass is 16.3. The minimum atomic E-state index is -0.913. The Morgan fingerprint density at radius 3 is 2.81 bits per heavy atom. The summed E-state index contributed by atoms with van der Waals surface area (Å²) in [5.74, 6) is 0. The lowest BCUT2D eigenvalue weighted by molar-refractivity contribution is 0.0428. The molecule has 2 unspecified atom stereocenters. The topological polar surface area (TPSA) is 32.3 Å². The molecule has 21 heavy (non-hydrogen) atoms. The molecular weight excluding hydrogens is 258 g/mol. The fourth-order valence-electron chi connectivity index (χ4n) is 3.61. The highest BCUT2D eigenvalue weighted by Crippen LogP contribution is 2.40. The van der Waals surface area contributed by atoms with E-state index in [0.29, 0.717) is 0 Å². The molecule has 1 heterocycles. The van der Waals surface area contributed by atoms with Gasteiger partial charge in [0.15, 0.2) is 0 Å². The number of allylic oxidation sites excluding steroid dienone is 2. The van der Waals surface area contributed by atoms with Gasteiger partial charge in [-0.3, -0.25) is 0 Å². The summed E-state index contributed by atoms with van der Waals surface area (Å²) in [6, 6.07) is 8.42. The van der Waals surface area contributed by atoms with E-state index >= 15 is 0 Å². The SMILES string of the molecule is CC1=CC(C(O)(c2cccc(C)c2)C2CCCN2)=CCC1. The van der Waals surface area contributed by atoms with Crippen molar-refractivity contribution in [3.05, 3.63) is 58.7 Å². The van der Waals surface area contributed by atoms with E-state index in [2.05, 4.69) is 49.5 Å². The second kappa shape index (κ2) is 5.78. The third kappa shape index (κ3) is 2.70. The number of hydrogen-bond donors (Lipinski definition) is 2. The van der Waals surface area contributed by atoms with E-state index in [0.717, 1.165) is 43.4 Å². The van der Waals surface area contributed by atoms with Crippen LogP contribution in [0.5, 0.6) is 0 Å². The maximum absolute atomic E-state index is 11.7. The van der Waals surface area contributed by atoms with Crippen molar-refractivity contribution in [3.8, 4) is 0 Å². The molecule has 1 aromatic rings. The van der Waals surface area contributed by atoms with E-state index in [1.165, 1.54) is 11.1 Å². The predicted molar refractivity (Wildman–Crippen MR) is 87.2 cm³/mol. The quantitative estimate of drug-likeness (QED) is 0.888. The maximum atomic E-state index is 11.7. The van der Waals surface area contributed by atoms with Crippen LogP contribution in [0.25, 0.3) is 0 Å². The summed E-state index contributed by atoms with van der Waals surface area (Å²) in [6.07, 6.45) is 8.69. The van der Waals surface area contributed by atoms with Crippen molar-refractivity contribution in [3.63, 3.8) is 0 Å². The fraction of sp³-hybridized carbons (Fsp3) is 0.474. The molecule has 1 aromatic carbocycles. The number of aliphatic hydroxyl groups is 1. The smallest absolute Gasteiger partial charge is 0.130 e. The molecule has 1 aliphatic carbocycles. The Hall–Kier alpha value is -1.38. The Balaban J connectivity index is 2.08. The van der Waals surface area contributed by atoms with Gasteiger partial charge < -0.3 is 10.4 Å². The highest BCUT2D eigenvalue weighted by Gasteiger charge is 2.42. The molecule has 1 aliphatic heterocycles. The Kier molecular flexibility index (Phi) is 4.01. The average molecular weight is 283 g/mol. The first kappa shape index (κ1) is 14.6. The summed E-state index contributed by atoms with van der Waals surface area (Å²) >= 11 is 0. The zero-order valence-corrected chi connectivity index (χ0v) is 13.0. The van der Waals surface area contributed by atoms with Crippen LogP contribution in [0.1, 0.15) is 43.7 Å². The third-order valence-corrected chi connectivity index (χ3v) is 4.77. The predicted octanol–water partition coefficient (Wildman–Crippen LogP) is 3.60. The third-order valence-electron chi connectivity index (χ3n) is 4.77. The van der Waals surface area contributed by atoms with Crippen LogP contribution in [-0.4, -0.2) is 17.7 Å². The lowest BCUT2D eigenvalue weighted by atomic mass is 9.76. The Morgan fingerprint density at radius 2 is 2.14 bits per heavy atom. The largest absolute Gasteiger partial charge is 0.379 e. The molecule has 2 nitrogen and oxygen atoms in total. The first-order valence-electron chi connectivity index (χ1n) is 8.01. The second-order valence-electron chi connectivity index (χ2n) is 6.47. The van der Waals surface area contributed by atoms with Gasteiger partial charge in [0.25, 0.3) is 0 Å². The number of nitrogens with one attached hydrogen (secondary N) is 1. The summed E-state index contributed by atoms with van der Waals surface area (Å²) in [5, 5.41) is 15.2.